The van der Waals surface area contributed by atoms with Crippen molar-refractivity contribution in [2.24, 2.45) is 7.05 Å². The Hall–Kier alpha value is -3.18. The molecule has 8 heteroatoms. The maximum atomic E-state index is 13.1. The average Bonchev–Trinajstić information content (AvgIpc) is 3.02. The van der Waals surface area contributed by atoms with Gasteiger partial charge in [0.2, 0.25) is 0 Å². The second kappa shape index (κ2) is 6.85. The summed E-state index contributed by atoms with van der Waals surface area (Å²) in [5.41, 5.74) is 1.62. The van der Waals surface area contributed by atoms with Gasteiger partial charge in [0.15, 0.2) is 0 Å². The lowest BCUT2D eigenvalue weighted by Crippen LogP contribution is -2.26. The Morgan fingerprint density at radius 2 is 1.70 bits per heavy atom. The van der Waals surface area contributed by atoms with Gasteiger partial charge in [-0.15, -0.1) is 0 Å². The molecule has 0 atom stereocenters. The first-order chi connectivity index (χ1) is 12.8. The highest BCUT2D eigenvalue weighted by Crippen LogP contribution is 2.32. The number of ether oxygens (including phenoxy) is 2. The second-order valence-corrected chi connectivity index (χ2v) is 7.96. The van der Waals surface area contributed by atoms with Crippen LogP contribution in [0.3, 0.4) is 0 Å². The van der Waals surface area contributed by atoms with Crippen LogP contribution in [0.1, 0.15) is 5.56 Å². The quantitative estimate of drug-likeness (QED) is 0.674. The van der Waals surface area contributed by atoms with Gasteiger partial charge >= 0.3 is 0 Å². The Bertz CT molecular complexity index is 1140. The summed E-state index contributed by atoms with van der Waals surface area (Å²) in [5.74, 6) is 0.966. The zero-order valence-corrected chi connectivity index (χ0v) is 16.2. The lowest BCUT2D eigenvalue weighted by molar-refractivity contribution is 0.394. The van der Waals surface area contributed by atoms with Crippen LogP contribution in [0.2, 0.25) is 0 Å². The van der Waals surface area contributed by atoms with Gasteiger partial charge in [-0.05, 0) is 18.2 Å². The summed E-state index contributed by atoms with van der Waals surface area (Å²) in [7, 11) is 2.43. The number of nitriles is 1. The van der Waals surface area contributed by atoms with Crippen LogP contribution in [0.4, 0.5) is 5.69 Å². The Morgan fingerprint density at radius 1 is 1.07 bits per heavy atom. The van der Waals surface area contributed by atoms with Gasteiger partial charge in [0.25, 0.3) is 10.0 Å². The molecule has 0 aliphatic heterocycles. The van der Waals surface area contributed by atoms with E-state index in [0.29, 0.717) is 28.1 Å². The molecule has 0 fully saturated rings. The van der Waals surface area contributed by atoms with Crippen molar-refractivity contribution in [3.8, 4) is 17.6 Å². The van der Waals surface area contributed by atoms with Crippen molar-refractivity contribution in [1.82, 2.24) is 4.57 Å². The molecule has 0 saturated heterocycles. The van der Waals surface area contributed by atoms with Gasteiger partial charge in [-0.2, -0.15) is 5.26 Å². The molecule has 27 heavy (non-hydrogen) atoms. The van der Waals surface area contributed by atoms with Crippen LogP contribution in [-0.4, -0.2) is 34.3 Å². The van der Waals surface area contributed by atoms with Gasteiger partial charge in [-0.25, -0.2) is 8.42 Å². The van der Waals surface area contributed by atoms with E-state index in [-0.39, 0.29) is 4.90 Å². The van der Waals surface area contributed by atoms with Crippen LogP contribution in [0.5, 0.6) is 11.5 Å². The van der Waals surface area contributed by atoms with Gasteiger partial charge in [0.05, 0.1) is 30.4 Å². The Morgan fingerprint density at radius 3 is 2.26 bits per heavy atom. The second-order valence-electron chi connectivity index (χ2n) is 5.99. The summed E-state index contributed by atoms with van der Waals surface area (Å²) in [5, 5.41) is 9.89. The molecule has 0 aliphatic carbocycles. The summed E-state index contributed by atoms with van der Waals surface area (Å²) >= 11 is 0. The van der Waals surface area contributed by atoms with Gasteiger partial charge in [-0.3, -0.25) is 4.31 Å². The number of hydrogen-bond donors (Lipinski definition) is 0. The summed E-state index contributed by atoms with van der Waals surface area (Å²) in [6, 6.07) is 11.7. The first kappa shape index (κ1) is 18.6. The predicted octanol–water partition coefficient (Wildman–Crippen LogP) is 2.89. The summed E-state index contributed by atoms with van der Waals surface area (Å²) in [4.78, 5) is 0.0991. The first-order valence-corrected chi connectivity index (χ1v) is 9.47. The largest absolute Gasteiger partial charge is 0.497 e. The monoisotopic (exact) mass is 385 g/mol. The lowest BCUT2D eigenvalue weighted by atomic mass is 10.2. The fourth-order valence-corrected chi connectivity index (χ4v) is 4.10. The van der Waals surface area contributed by atoms with Crippen LogP contribution < -0.4 is 13.8 Å². The van der Waals surface area contributed by atoms with E-state index in [1.807, 2.05) is 7.05 Å². The predicted molar refractivity (Wildman–Crippen MR) is 103 cm³/mol. The third-order valence-corrected chi connectivity index (χ3v) is 6.22. The van der Waals surface area contributed by atoms with E-state index in [1.54, 1.807) is 35.0 Å². The molecule has 0 spiro atoms. The highest BCUT2D eigenvalue weighted by molar-refractivity contribution is 7.92. The normalized spacial score (nSPS) is 11.2. The molecule has 0 unspecified atom stereocenters. The molecular formula is C19H19N3O4S. The van der Waals surface area contributed by atoms with Crippen LogP contribution in [0.15, 0.2) is 47.5 Å². The molecule has 0 aliphatic rings. The Labute approximate surface area is 158 Å². The third kappa shape index (κ3) is 3.17. The lowest BCUT2D eigenvalue weighted by Gasteiger charge is -2.21. The SMILES string of the molecule is COc1cc(OC)cc(N(C)S(=O)(=O)c2ccc3c(c2)c(C#N)cn3C)c1. The smallest absolute Gasteiger partial charge is 0.264 e. The van der Waals surface area contributed by atoms with Crippen LogP contribution >= 0.6 is 0 Å². The molecule has 1 heterocycles. The molecule has 140 valence electrons. The van der Waals surface area contributed by atoms with Crippen LogP contribution in [0, 0.1) is 11.3 Å². The highest BCUT2D eigenvalue weighted by atomic mass is 32.2. The van der Waals surface area contributed by atoms with E-state index in [9.17, 15) is 13.7 Å². The van der Waals surface area contributed by atoms with Crippen molar-refractivity contribution in [1.29, 1.82) is 5.26 Å². The molecular weight excluding hydrogens is 366 g/mol. The minimum atomic E-state index is -3.85. The first-order valence-electron chi connectivity index (χ1n) is 8.03. The number of aryl methyl sites for hydroxylation is 1. The molecule has 0 amide bonds. The number of hydrogen-bond acceptors (Lipinski definition) is 5. The van der Waals surface area contributed by atoms with Crippen molar-refractivity contribution in [3.05, 3.63) is 48.2 Å². The van der Waals surface area contributed by atoms with E-state index in [0.717, 1.165) is 9.82 Å². The zero-order valence-electron chi connectivity index (χ0n) is 15.4. The minimum Gasteiger partial charge on any atom is -0.497 e. The maximum Gasteiger partial charge on any atom is 0.264 e. The van der Waals surface area contributed by atoms with Crippen LogP contribution in [-0.2, 0) is 17.1 Å². The number of rotatable bonds is 5. The number of benzene rings is 2. The summed E-state index contributed by atoms with van der Waals surface area (Å²) in [6.45, 7) is 0. The van der Waals surface area contributed by atoms with Crippen molar-refractivity contribution in [2.45, 2.75) is 4.90 Å². The molecule has 0 N–H and O–H groups in total. The molecule has 0 saturated carbocycles. The molecule has 0 radical (unpaired) electrons. The van der Waals surface area contributed by atoms with Crippen LogP contribution in [0.25, 0.3) is 10.9 Å². The van der Waals surface area contributed by atoms with Gasteiger partial charge in [-0.1, -0.05) is 0 Å². The molecule has 1 aromatic heterocycles. The molecule has 2 aromatic carbocycles. The number of aromatic nitrogens is 1. The van der Waals surface area contributed by atoms with Crippen molar-refractivity contribution < 1.29 is 17.9 Å². The van der Waals surface area contributed by atoms with Crippen molar-refractivity contribution >= 4 is 26.6 Å². The summed E-state index contributed by atoms with van der Waals surface area (Å²) < 4.78 is 39.7. The number of methoxy groups -OCH3 is 2. The van der Waals surface area contributed by atoms with Crippen molar-refractivity contribution in [2.75, 3.05) is 25.6 Å². The number of nitrogens with zero attached hydrogens (tertiary/aromatic N) is 3. The fraction of sp³-hybridized carbons (Fsp3) is 0.211. The van der Waals surface area contributed by atoms with E-state index >= 15 is 0 Å². The topological polar surface area (TPSA) is 84.6 Å². The molecule has 3 rings (SSSR count). The molecule has 7 nitrogen and oxygen atoms in total. The number of anilines is 1. The van der Waals surface area contributed by atoms with E-state index in [4.69, 9.17) is 9.47 Å². The number of fused-ring (bicyclic) bond motifs is 1. The van der Waals surface area contributed by atoms with Gasteiger partial charge in [0, 0.05) is 49.4 Å². The van der Waals surface area contributed by atoms with E-state index < -0.39 is 10.0 Å². The zero-order chi connectivity index (χ0) is 19.8. The maximum absolute atomic E-state index is 13.1. The molecule has 3 aromatic rings. The average molecular weight is 385 g/mol. The van der Waals surface area contributed by atoms with E-state index in [2.05, 4.69) is 6.07 Å². The third-order valence-electron chi connectivity index (χ3n) is 4.44. The Kier molecular flexibility index (Phi) is 4.72. The van der Waals surface area contributed by atoms with Crippen molar-refractivity contribution in [3.63, 3.8) is 0 Å². The summed E-state index contributed by atoms with van der Waals surface area (Å²) in [6.07, 6.45) is 1.68. The minimum absolute atomic E-state index is 0.0991. The Balaban J connectivity index is 2.11. The van der Waals surface area contributed by atoms with E-state index in [1.165, 1.54) is 33.4 Å². The number of sulfonamides is 1. The van der Waals surface area contributed by atoms with Gasteiger partial charge < -0.3 is 14.0 Å². The standard InChI is InChI=1S/C19H19N3O4S/c1-21-12-13(11-20)18-10-17(5-6-19(18)21)27(23,24)22(2)14-7-15(25-3)9-16(8-14)26-4/h5-10,12H,1-4H3. The molecule has 0 bridgehead atoms. The van der Waals surface area contributed by atoms with Gasteiger partial charge in [0.1, 0.15) is 17.6 Å². The highest BCUT2D eigenvalue weighted by Gasteiger charge is 2.23. The fourth-order valence-electron chi connectivity index (χ4n) is 2.89.